The number of anilines is 1. The second-order valence-corrected chi connectivity index (χ2v) is 6.80. The van der Waals surface area contributed by atoms with Gasteiger partial charge in [0, 0.05) is 18.8 Å². The average molecular weight is 481 g/mol. The van der Waals surface area contributed by atoms with Crippen LogP contribution in [0.25, 0.3) is 0 Å². The summed E-state index contributed by atoms with van der Waals surface area (Å²) in [6.45, 7) is 6.08. The molecule has 1 N–H and O–H groups in total. The van der Waals surface area contributed by atoms with E-state index in [4.69, 9.17) is 9.47 Å². The molecule has 0 unspecified atom stereocenters. The van der Waals surface area contributed by atoms with Gasteiger partial charge in [0.05, 0.1) is 16.9 Å². The lowest BCUT2D eigenvalue weighted by Gasteiger charge is -2.20. The minimum absolute atomic E-state index is 0.111. The van der Waals surface area contributed by atoms with E-state index in [2.05, 4.69) is 51.9 Å². The third-order valence-corrected chi connectivity index (χ3v) is 4.77. The summed E-state index contributed by atoms with van der Waals surface area (Å²) in [6, 6.07) is 13.4. The van der Waals surface area contributed by atoms with Crippen LogP contribution in [0.5, 0.6) is 11.5 Å². The van der Waals surface area contributed by atoms with E-state index in [0.29, 0.717) is 5.75 Å². The molecule has 0 spiro atoms. The number of amides is 1. The Morgan fingerprint density at radius 2 is 1.89 bits per heavy atom. The Kier molecular flexibility index (Phi) is 8.38. The number of nitrogens with zero attached hydrogens (tertiary/aromatic N) is 2. The first-order valence-corrected chi connectivity index (χ1v) is 9.78. The van der Waals surface area contributed by atoms with Gasteiger partial charge in [0.1, 0.15) is 11.5 Å². The Bertz CT molecular complexity index is 775. The molecule has 0 aliphatic carbocycles. The number of carbonyl (C=O) groups excluding carboxylic acids is 1. The van der Waals surface area contributed by atoms with Crippen molar-refractivity contribution in [1.29, 1.82) is 0 Å². The summed E-state index contributed by atoms with van der Waals surface area (Å²) in [6.07, 6.45) is 1.61. The van der Waals surface area contributed by atoms with Gasteiger partial charge in [0.2, 0.25) is 0 Å². The van der Waals surface area contributed by atoms with Gasteiger partial charge in [-0.25, -0.2) is 5.43 Å². The van der Waals surface area contributed by atoms with E-state index in [1.54, 1.807) is 25.5 Å². The van der Waals surface area contributed by atoms with Crippen molar-refractivity contribution >= 4 is 40.4 Å². The van der Waals surface area contributed by atoms with Crippen LogP contribution in [0.4, 0.5) is 5.69 Å². The first kappa shape index (κ1) is 21.0. The van der Waals surface area contributed by atoms with Crippen LogP contribution in [0.3, 0.4) is 0 Å². The van der Waals surface area contributed by atoms with Gasteiger partial charge in [0.25, 0.3) is 5.91 Å². The van der Waals surface area contributed by atoms with Crippen LogP contribution in [0.2, 0.25) is 0 Å². The molecule has 1 amide bonds. The van der Waals surface area contributed by atoms with E-state index in [-0.39, 0.29) is 12.5 Å². The van der Waals surface area contributed by atoms with Crippen molar-refractivity contribution in [2.45, 2.75) is 13.8 Å². The summed E-state index contributed by atoms with van der Waals surface area (Å²) in [5.41, 5.74) is 4.55. The maximum absolute atomic E-state index is 11.9. The molecule has 0 saturated heterocycles. The summed E-state index contributed by atoms with van der Waals surface area (Å²) >= 11 is 2.14. The van der Waals surface area contributed by atoms with Gasteiger partial charge >= 0.3 is 0 Å². The normalized spacial score (nSPS) is 10.7. The monoisotopic (exact) mass is 481 g/mol. The number of methoxy groups -OCH3 is 1. The minimum atomic E-state index is -0.322. The number of carbonyl (C=O) groups is 1. The molecule has 0 aliphatic rings. The highest BCUT2D eigenvalue weighted by Crippen LogP contribution is 2.25. The number of ether oxygens (including phenoxy) is 2. The van der Waals surface area contributed by atoms with Crippen molar-refractivity contribution in [3.05, 3.63) is 51.6 Å². The smallest absolute Gasteiger partial charge is 0.277 e. The Morgan fingerprint density at radius 1 is 1.19 bits per heavy atom. The van der Waals surface area contributed by atoms with Crippen molar-refractivity contribution in [1.82, 2.24) is 5.43 Å². The number of halogens is 1. The van der Waals surface area contributed by atoms with Crippen LogP contribution in [0, 0.1) is 3.57 Å². The number of hydrogen-bond donors (Lipinski definition) is 1. The van der Waals surface area contributed by atoms with Crippen molar-refractivity contribution in [2.75, 3.05) is 31.7 Å². The fourth-order valence-electron chi connectivity index (χ4n) is 2.44. The molecular weight excluding hydrogens is 457 g/mol. The molecule has 0 atom stereocenters. The molecule has 0 fully saturated rings. The molecule has 2 aromatic carbocycles. The molecular formula is C20H24IN3O3. The topological polar surface area (TPSA) is 63.2 Å². The van der Waals surface area contributed by atoms with E-state index in [0.717, 1.165) is 28.0 Å². The SMILES string of the molecule is CCN(CC)c1ccc(/C=N\NC(=O)COc2ccc(OC)cc2I)cc1. The number of hydrogen-bond acceptors (Lipinski definition) is 5. The second kappa shape index (κ2) is 10.8. The van der Waals surface area contributed by atoms with Gasteiger partial charge in [-0.05, 0) is 72.3 Å². The predicted octanol–water partition coefficient (Wildman–Crippen LogP) is 3.68. The van der Waals surface area contributed by atoms with E-state index < -0.39 is 0 Å². The highest BCUT2D eigenvalue weighted by molar-refractivity contribution is 14.1. The largest absolute Gasteiger partial charge is 0.497 e. The number of rotatable bonds is 9. The Labute approximate surface area is 173 Å². The quantitative estimate of drug-likeness (QED) is 0.337. The predicted molar refractivity (Wildman–Crippen MR) is 117 cm³/mol. The first-order valence-electron chi connectivity index (χ1n) is 8.70. The molecule has 0 aliphatic heterocycles. The average Bonchev–Trinajstić information content (AvgIpc) is 2.69. The number of hydrazone groups is 1. The third kappa shape index (κ3) is 6.42. The molecule has 7 heteroatoms. The maximum Gasteiger partial charge on any atom is 0.277 e. The lowest BCUT2D eigenvalue weighted by atomic mass is 10.2. The van der Waals surface area contributed by atoms with Crippen LogP contribution in [-0.4, -0.2) is 38.9 Å². The minimum Gasteiger partial charge on any atom is -0.497 e. The lowest BCUT2D eigenvalue weighted by Crippen LogP contribution is -2.24. The molecule has 0 saturated carbocycles. The summed E-state index contributed by atoms with van der Waals surface area (Å²) in [4.78, 5) is 14.1. The van der Waals surface area contributed by atoms with Crippen molar-refractivity contribution in [2.24, 2.45) is 5.10 Å². The molecule has 144 valence electrons. The zero-order valence-electron chi connectivity index (χ0n) is 15.7. The molecule has 0 heterocycles. The summed E-state index contributed by atoms with van der Waals surface area (Å²) in [7, 11) is 1.61. The van der Waals surface area contributed by atoms with E-state index in [1.807, 2.05) is 30.3 Å². The zero-order chi connectivity index (χ0) is 19.6. The highest BCUT2D eigenvalue weighted by atomic mass is 127. The van der Waals surface area contributed by atoms with Gasteiger partial charge in [-0.2, -0.15) is 5.10 Å². The second-order valence-electron chi connectivity index (χ2n) is 5.64. The van der Waals surface area contributed by atoms with Crippen molar-refractivity contribution < 1.29 is 14.3 Å². The van der Waals surface area contributed by atoms with Crippen molar-refractivity contribution in [3.63, 3.8) is 0 Å². The molecule has 0 aromatic heterocycles. The Morgan fingerprint density at radius 3 is 2.48 bits per heavy atom. The molecule has 27 heavy (non-hydrogen) atoms. The molecule has 2 rings (SSSR count). The van der Waals surface area contributed by atoms with E-state index in [1.165, 1.54) is 5.69 Å². The third-order valence-electron chi connectivity index (χ3n) is 3.92. The standard InChI is InChI=1S/C20H24IN3O3/c1-4-24(5-2)16-8-6-15(7-9-16)13-22-23-20(25)14-27-19-11-10-17(26-3)12-18(19)21/h6-13H,4-5,14H2,1-3H3,(H,23,25)/b22-13-. The fourth-order valence-corrected chi connectivity index (χ4v) is 3.08. The van der Waals surface area contributed by atoms with Crippen LogP contribution < -0.4 is 19.8 Å². The van der Waals surface area contributed by atoms with Gasteiger partial charge in [0.15, 0.2) is 6.61 Å². The van der Waals surface area contributed by atoms with Crippen LogP contribution in [0.15, 0.2) is 47.6 Å². The first-order chi connectivity index (χ1) is 13.1. The van der Waals surface area contributed by atoms with Gasteiger partial charge in [-0.15, -0.1) is 0 Å². The lowest BCUT2D eigenvalue weighted by molar-refractivity contribution is -0.123. The van der Waals surface area contributed by atoms with Crippen LogP contribution in [0.1, 0.15) is 19.4 Å². The molecule has 2 aromatic rings. The van der Waals surface area contributed by atoms with Gasteiger partial charge < -0.3 is 14.4 Å². The summed E-state index contributed by atoms with van der Waals surface area (Å²) in [5, 5.41) is 3.98. The zero-order valence-corrected chi connectivity index (χ0v) is 17.9. The maximum atomic E-state index is 11.9. The highest BCUT2D eigenvalue weighted by Gasteiger charge is 2.06. The van der Waals surface area contributed by atoms with Gasteiger partial charge in [-0.3, -0.25) is 4.79 Å². The van der Waals surface area contributed by atoms with Crippen molar-refractivity contribution in [3.8, 4) is 11.5 Å². The Hall–Kier alpha value is -2.29. The molecule has 6 nitrogen and oxygen atoms in total. The summed E-state index contributed by atoms with van der Waals surface area (Å²) < 4.78 is 11.5. The fraction of sp³-hybridized carbons (Fsp3) is 0.300. The number of benzene rings is 2. The van der Waals surface area contributed by atoms with Gasteiger partial charge in [-0.1, -0.05) is 12.1 Å². The number of nitrogens with one attached hydrogen (secondary N) is 1. The Balaban J connectivity index is 1.83. The summed E-state index contributed by atoms with van der Waals surface area (Å²) in [5.74, 6) is 1.05. The van der Waals surface area contributed by atoms with Crippen LogP contribution >= 0.6 is 22.6 Å². The molecule has 0 bridgehead atoms. The molecule has 0 radical (unpaired) electrons. The van der Waals surface area contributed by atoms with Crippen LogP contribution in [-0.2, 0) is 4.79 Å². The van der Waals surface area contributed by atoms with E-state index in [9.17, 15) is 4.79 Å². The van der Waals surface area contributed by atoms with E-state index >= 15 is 0 Å².